The summed E-state index contributed by atoms with van der Waals surface area (Å²) in [5.41, 5.74) is 2.28. The zero-order chi connectivity index (χ0) is 17.8. The molecule has 1 amide bonds. The van der Waals surface area contributed by atoms with E-state index in [2.05, 4.69) is 0 Å². The number of amides is 1. The predicted molar refractivity (Wildman–Crippen MR) is 92.0 cm³/mol. The normalized spacial score (nSPS) is 17.4. The maximum atomic E-state index is 12.6. The number of benzene rings is 1. The molecule has 2 heterocycles. The van der Waals surface area contributed by atoms with Crippen LogP contribution in [0.2, 0.25) is 0 Å². The highest BCUT2D eigenvalue weighted by molar-refractivity contribution is 6.00. The Kier molecular flexibility index (Phi) is 5.19. The molecule has 6 nitrogen and oxygen atoms in total. The number of carbonyl (C=O) groups is 2. The summed E-state index contributed by atoms with van der Waals surface area (Å²) in [4.78, 5) is 28.6. The number of carbonyl (C=O) groups excluding carboxylic acids is 2. The summed E-state index contributed by atoms with van der Waals surface area (Å²) in [7, 11) is 0. The van der Waals surface area contributed by atoms with Crippen LogP contribution < -0.4 is 0 Å². The number of ether oxygens (including phenoxy) is 1. The van der Waals surface area contributed by atoms with Gasteiger partial charge in [0.15, 0.2) is 0 Å². The first-order valence-electron chi connectivity index (χ1n) is 8.42. The van der Waals surface area contributed by atoms with Crippen LogP contribution in [0.4, 0.5) is 0 Å². The minimum atomic E-state index is -0.445. The van der Waals surface area contributed by atoms with Crippen molar-refractivity contribution >= 4 is 11.9 Å². The van der Waals surface area contributed by atoms with Crippen molar-refractivity contribution in [2.24, 2.45) is 0 Å². The highest BCUT2D eigenvalue weighted by Crippen LogP contribution is 2.31. The van der Waals surface area contributed by atoms with Gasteiger partial charge in [-0.3, -0.25) is 9.69 Å². The monoisotopic (exact) mass is 342 g/mol. The summed E-state index contributed by atoms with van der Waals surface area (Å²) in [5, 5.41) is 9.36. The van der Waals surface area contributed by atoms with Crippen LogP contribution in [0.15, 0.2) is 53.4 Å². The highest BCUT2D eigenvalue weighted by atomic mass is 16.5. The highest BCUT2D eigenvalue weighted by Gasteiger charge is 2.38. The van der Waals surface area contributed by atoms with Crippen molar-refractivity contribution in [1.29, 1.82) is 0 Å². The number of hydrogen-bond donors (Lipinski definition) is 1. The number of hydrogen-bond acceptors (Lipinski definition) is 5. The SMILES string of the molecule is CCOC(=O)C1=C(N2CC=C(CO)C2)N(Cc2ccccc2)C(=O)C1. The zero-order valence-electron chi connectivity index (χ0n) is 14.3. The summed E-state index contributed by atoms with van der Waals surface area (Å²) in [5.74, 6) is 0.0465. The molecule has 0 atom stereocenters. The fourth-order valence-electron chi connectivity index (χ4n) is 3.17. The van der Waals surface area contributed by atoms with Crippen molar-refractivity contribution in [3.05, 3.63) is 58.9 Å². The van der Waals surface area contributed by atoms with Crippen molar-refractivity contribution in [1.82, 2.24) is 9.80 Å². The van der Waals surface area contributed by atoms with Crippen LogP contribution in [0.5, 0.6) is 0 Å². The first-order valence-corrected chi connectivity index (χ1v) is 8.42. The van der Waals surface area contributed by atoms with E-state index in [0.717, 1.165) is 11.1 Å². The van der Waals surface area contributed by atoms with E-state index in [-0.39, 0.29) is 25.5 Å². The van der Waals surface area contributed by atoms with Gasteiger partial charge in [-0.1, -0.05) is 36.4 Å². The number of aliphatic hydroxyl groups is 1. The quantitative estimate of drug-likeness (QED) is 0.626. The van der Waals surface area contributed by atoms with Gasteiger partial charge in [0.1, 0.15) is 5.82 Å². The van der Waals surface area contributed by atoms with E-state index >= 15 is 0 Å². The number of esters is 1. The molecule has 0 radical (unpaired) electrons. The molecule has 25 heavy (non-hydrogen) atoms. The second kappa shape index (κ2) is 7.53. The van der Waals surface area contributed by atoms with Crippen LogP contribution in [-0.4, -0.2) is 53.1 Å². The Hall–Kier alpha value is -2.60. The Balaban J connectivity index is 1.91. The van der Waals surface area contributed by atoms with Gasteiger partial charge in [-0.15, -0.1) is 0 Å². The van der Waals surface area contributed by atoms with E-state index in [0.29, 0.717) is 31.0 Å². The Labute approximate surface area is 147 Å². The molecular formula is C19H22N2O4. The molecule has 2 aliphatic heterocycles. The molecule has 0 saturated carbocycles. The first-order chi connectivity index (χ1) is 12.1. The van der Waals surface area contributed by atoms with Gasteiger partial charge in [-0.25, -0.2) is 4.79 Å². The molecular weight excluding hydrogens is 320 g/mol. The minimum absolute atomic E-state index is 0.0227. The van der Waals surface area contributed by atoms with E-state index in [1.807, 2.05) is 41.3 Å². The second-order valence-electron chi connectivity index (χ2n) is 6.07. The van der Waals surface area contributed by atoms with Gasteiger partial charge in [0, 0.05) is 13.1 Å². The summed E-state index contributed by atoms with van der Waals surface area (Å²) >= 11 is 0. The molecule has 1 aromatic rings. The van der Waals surface area contributed by atoms with Gasteiger partial charge < -0.3 is 14.7 Å². The van der Waals surface area contributed by atoms with Crippen molar-refractivity contribution in [3.8, 4) is 0 Å². The lowest BCUT2D eigenvalue weighted by atomic mass is 10.2. The maximum absolute atomic E-state index is 12.6. The molecule has 0 aliphatic carbocycles. The minimum Gasteiger partial charge on any atom is -0.463 e. The molecule has 0 saturated heterocycles. The van der Waals surface area contributed by atoms with Crippen molar-refractivity contribution in [3.63, 3.8) is 0 Å². The molecule has 0 spiro atoms. The molecule has 0 bridgehead atoms. The van der Waals surface area contributed by atoms with Gasteiger partial charge in [0.25, 0.3) is 0 Å². The Morgan fingerprint density at radius 2 is 2.04 bits per heavy atom. The Morgan fingerprint density at radius 3 is 2.68 bits per heavy atom. The Morgan fingerprint density at radius 1 is 1.28 bits per heavy atom. The fourth-order valence-corrected chi connectivity index (χ4v) is 3.17. The number of aliphatic hydroxyl groups excluding tert-OH is 1. The summed E-state index contributed by atoms with van der Waals surface area (Å²) in [6.45, 7) is 3.47. The lowest BCUT2D eigenvalue weighted by Gasteiger charge is -2.29. The molecule has 0 aromatic heterocycles. The van der Waals surface area contributed by atoms with Crippen LogP contribution in [0, 0.1) is 0 Å². The summed E-state index contributed by atoms with van der Waals surface area (Å²) in [6.07, 6.45) is 1.98. The Bertz CT molecular complexity index is 724. The van der Waals surface area contributed by atoms with Crippen molar-refractivity contribution < 1.29 is 19.4 Å². The van der Waals surface area contributed by atoms with E-state index in [1.54, 1.807) is 11.8 Å². The molecule has 132 valence electrons. The molecule has 0 unspecified atom stereocenters. The van der Waals surface area contributed by atoms with E-state index in [1.165, 1.54) is 0 Å². The van der Waals surface area contributed by atoms with Gasteiger partial charge in [0.2, 0.25) is 5.91 Å². The largest absolute Gasteiger partial charge is 0.463 e. The van der Waals surface area contributed by atoms with Crippen molar-refractivity contribution in [2.45, 2.75) is 19.9 Å². The number of rotatable bonds is 6. The summed E-state index contributed by atoms with van der Waals surface area (Å²) in [6, 6.07) is 9.68. The molecule has 1 aromatic carbocycles. The standard InChI is InChI=1S/C19H22N2O4/c1-2-25-19(24)16-10-17(23)21(12-14-6-4-3-5-7-14)18(16)20-9-8-15(11-20)13-22/h3-8,22H,2,9-13H2,1H3. The molecule has 0 fully saturated rings. The van der Waals surface area contributed by atoms with Crippen LogP contribution in [0.3, 0.4) is 0 Å². The van der Waals surface area contributed by atoms with Crippen molar-refractivity contribution in [2.75, 3.05) is 26.3 Å². The van der Waals surface area contributed by atoms with Crippen LogP contribution in [-0.2, 0) is 20.9 Å². The average molecular weight is 342 g/mol. The average Bonchev–Trinajstić information content (AvgIpc) is 3.21. The van der Waals surface area contributed by atoms with E-state index in [9.17, 15) is 14.7 Å². The van der Waals surface area contributed by atoms with Gasteiger partial charge in [0.05, 0.1) is 31.8 Å². The third-order valence-corrected chi connectivity index (χ3v) is 4.36. The van der Waals surface area contributed by atoms with Gasteiger partial charge in [-0.2, -0.15) is 0 Å². The smallest absolute Gasteiger partial charge is 0.338 e. The second-order valence-corrected chi connectivity index (χ2v) is 6.07. The molecule has 2 aliphatic rings. The zero-order valence-corrected chi connectivity index (χ0v) is 14.3. The van der Waals surface area contributed by atoms with Gasteiger partial charge >= 0.3 is 5.97 Å². The van der Waals surface area contributed by atoms with Crippen LogP contribution in [0.25, 0.3) is 0 Å². The third-order valence-electron chi connectivity index (χ3n) is 4.36. The predicted octanol–water partition coefficient (Wildman–Crippen LogP) is 1.43. The lowest BCUT2D eigenvalue weighted by Crippen LogP contribution is -2.35. The fraction of sp³-hybridized carbons (Fsp3) is 0.368. The summed E-state index contributed by atoms with van der Waals surface area (Å²) < 4.78 is 5.15. The van der Waals surface area contributed by atoms with E-state index < -0.39 is 5.97 Å². The molecule has 1 N–H and O–H groups in total. The first kappa shape index (κ1) is 17.2. The van der Waals surface area contributed by atoms with Crippen LogP contribution >= 0.6 is 0 Å². The lowest BCUT2D eigenvalue weighted by molar-refractivity contribution is -0.139. The molecule has 6 heteroatoms. The van der Waals surface area contributed by atoms with E-state index in [4.69, 9.17) is 4.74 Å². The third kappa shape index (κ3) is 3.58. The van der Waals surface area contributed by atoms with Gasteiger partial charge in [-0.05, 0) is 18.1 Å². The van der Waals surface area contributed by atoms with Crippen LogP contribution in [0.1, 0.15) is 18.9 Å². The number of nitrogens with zero attached hydrogens (tertiary/aromatic N) is 2. The topological polar surface area (TPSA) is 70.1 Å². The molecule has 3 rings (SSSR count). The maximum Gasteiger partial charge on any atom is 0.338 e.